The Hall–Kier alpha value is -4.84. The minimum absolute atomic E-state index is 0. The summed E-state index contributed by atoms with van der Waals surface area (Å²) in [7, 11) is 7.94. The molecule has 4 aromatic rings. The van der Waals surface area contributed by atoms with Crippen molar-refractivity contribution in [1.29, 1.82) is 0 Å². The molecule has 2 atom stereocenters. The fourth-order valence-corrected chi connectivity index (χ4v) is 5.40. The van der Waals surface area contributed by atoms with E-state index in [0.29, 0.717) is 0 Å². The van der Waals surface area contributed by atoms with Crippen molar-refractivity contribution in [3.63, 3.8) is 0 Å². The summed E-state index contributed by atoms with van der Waals surface area (Å²) in [4.78, 5) is 34.6. The number of fused-ring (bicyclic) bond motifs is 2. The summed E-state index contributed by atoms with van der Waals surface area (Å²) in [6.45, 7) is 0. The van der Waals surface area contributed by atoms with Crippen molar-refractivity contribution < 1.29 is 15.3 Å². The second-order valence-electron chi connectivity index (χ2n) is 11.1. The lowest BCUT2D eigenvalue weighted by molar-refractivity contribution is -0.385. The third-order valence-electron chi connectivity index (χ3n) is 7.82. The van der Waals surface area contributed by atoms with Crippen LogP contribution in [-0.2, 0) is 12.8 Å². The number of nitrogens with zero attached hydrogens (tertiary/aromatic N) is 6. The van der Waals surface area contributed by atoms with E-state index in [0.717, 1.165) is 35.6 Å². The summed E-state index contributed by atoms with van der Waals surface area (Å²) < 4.78 is 0. The monoisotopic (exact) mass is 680 g/mol. The Morgan fingerprint density at radius 3 is 1.19 bits per heavy atom. The highest BCUT2D eigenvalue weighted by molar-refractivity contribution is 5.87. The zero-order chi connectivity index (χ0) is 31.4. The molecule has 0 bridgehead atoms. The lowest BCUT2D eigenvalue weighted by atomic mass is 9.90. The number of nitro benzene ring substituents is 2. The number of non-ortho nitro benzene ring substituents is 2. The van der Waals surface area contributed by atoms with E-state index in [2.05, 4.69) is 24.3 Å². The van der Waals surface area contributed by atoms with Gasteiger partial charge in [0.15, 0.2) is 0 Å². The van der Waals surface area contributed by atoms with Crippen LogP contribution < -0.4 is 0 Å². The molecule has 0 fully saturated rings. The highest BCUT2D eigenvalue weighted by atomic mass is 35.5. The number of amidine groups is 2. The second-order valence-corrected chi connectivity index (χ2v) is 11.1. The first-order valence-corrected chi connectivity index (χ1v) is 14.2. The van der Waals surface area contributed by atoms with Crippen molar-refractivity contribution in [2.75, 3.05) is 28.2 Å². The van der Waals surface area contributed by atoms with Crippen molar-refractivity contribution in [1.82, 2.24) is 9.80 Å². The molecule has 2 unspecified atom stereocenters. The molecule has 2 N–H and O–H groups in total. The minimum atomic E-state index is -0.382. The van der Waals surface area contributed by atoms with Crippen LogP contribution in [0.25, 0.3) is 0 Å². The SMILES string of the molecule is CN(C)C1=NC(c2ccc([N+](=O)[O-])cc2)c2ccccc2C1.CN(C)C1=NC(c2ccc([N+](=O)[O-])cc2)c2ccccc2C1.Cl.Cl.O. The molecule has 0 saturated carbocycles. The van der Waals surface area contributed by atoms with Crippen LogP contribution in [0.15, 0.2) is 107 Å². The smallest absolute Gasteiger partial charge is 0.269 e. The number of rotatable bonds is 4. The van der Waals surface area contributed by atoms with Crippen LogP contribution in [0.4, 0.5) is 11.4 Å². The maximum atomic E-state index is 10.8. The molecule has 4 aromatic carbocycles. The first-order chi connectivity index (χ1) is 21.1. The van der Waals surface area contributed by atoms with Crippen molar-refractivity contribution in [2.24, 2.45) is 9.98 Å². The van der Waals surface area contributed by atoms with Gasteiger partial charge >= 0.3 is 0 Å². The molecule has 13 heteroatoms. The standard InChI is InChI=1S/2C17H17N3O2.2ClH.H2O/c2*1-19(2)16-11-13-5-3-4-6-15(13)17(18-16)12-7-9-14(10-8-12)20(21)22;;;/h2*3-10,17H,11H2,1-2H3;2*1H;1H2. The van der Waals surface area contributed by atoms with Crippen LogP contribution in [-0.4, -0.2) is 65.0 Å². The number of likely N-dealkylation sites (N-methyl/N-ethyl adjacent to an activating group) is 2. The molecule has 0 aromatic heterocycles. The van der Waals surface area contributed by atoms with Gasteiger partial charge in [-0.05, 0) is 57.6 Å². The quantitative estimate of drug-likeness (QED) is 0.179. The van der Waals surface area contributed by atoms with E-state index in [4.69, 9.17) is 9.98 Å². The van der Waals surface area contributed by atoms with Crippen LogP contribution in [0.5, 0.6) is 0 Å². The van der Waals surface area contributed by atoms with Crippen molar-refractivity contribution in [3.05, 3.63) is 151 Å². The normalized spacial score (nSPS) is 15.6. The van der Waals surface area contributed by atoms with Gasteiger partial charge in [-0.15, -0.1) is 24.8 Å². The predicted molar refractivity (Wildman–Crippen MR) is 191 cm³/mol. The minimum Gasteiger partial charge on any atom is -0.412 e. The number of benzene rings is 4. The van der Waals surface area contributed by atoms with E-state index in [1.807, 2.05) is 62.3 Å². The van der Waals surface area contributed by atoms with Gasteiger partial charge in [0.05, 0.1) is 9.85 Å². The summed E-state index contributed by atoms with van der Waals surface area (Å²) in [6.07, 6.45) is 1.62. The van der Waals surface area contributed by atoms with Gasteiger partial charge in [0, 0.05) is 65.3 Å². The van der Waals surface area contributed by atoms with Gasteiger partial charge in [-0.3, -0.25) is 30.2 Å². The summed E-state index contributed by atoms with van der Waals surface area (Å²) >= 11 is 0. The van der Waals surface area contributed by atoms with Crippen LogP contribution in [0.2, 0.25) is 0 Å². The van der Waals surface area contributed by atoms with Crippen LogP contribution in [0.3, 0.4) is 0 Å². The Bertz CT molecular complexity index is 1620. The fourth-order valence-electron chi connectivity index (χ4n) is 5.40. The van der Waals surface area contributed by atoms with E-state index in [9.17, 15) is 20.2 Å². The van der Waals surface area contributed by atoms with Crippen molar-refractivity contribution >= 4 is 47.9 Å². The van der Waals surface area contributed by atoms with Gasteiger partial charge < -0.3 is 15.3 Å². The molecule has 6 rings (SSSR count). The lowest BCUT2D eigenvalue weighted by Gasteiger charge is -2.27. The van der Waals surface area contributed by atoms with Gasteiger partial charge in [0.2, 0.25) is 0 Å². The Morgan fingerprint density at radius 2 is 0.894 bits per heavy atom. The molecule has 0 saturated heterocycles. The van der Waals surface area contributed by atoms with E-state index in [1.165, 1.54) is 46.5 Å². The zero-order valence-electron chi connectivity index (χ0n) is 26.4. The first-order valence-electron chi connectivity index (χ1n) is 14.2. The molecule has 2 aliphatic rings. The van der Waals surface area contributed by atoms with Gasteiger partial charge in [-0.25, -0.2) is 0 Å². The second kappa shape index (κ2) is 16.6. The van der Waals surface area contributed by atoms with Crippen LogP contribution in [0.1, 0.15) is 45.5 Å². The molecular weight excluding hydrogens is 643 g/mol. The Morgan fingerprint density at radius 1 is 0.574 bits per heavy atom. The summed E-state index contributed by atoms with van der Waals surface area (Å²) in [5.74, 6) is 2.03. The van der Waals surface area contributed by atoms with Gasteiger partial charge in [0.1, 0.15) is 23.8 Å². The maximum absolute atomic E-state index is 10.8. The summed E-state index contributed by atoms with van der Waals surface area (Å²) in [5.41, 5.74) is 6.99. The number of nitro groups is 2. The number of halogens is 2. The third kappa shape index (κ3) is 8.70. The fraction of sp³-hybridized carbons (Fsp3) is 0.235. The van der Waals surface area contributed by atoms with Crippen molar-refractivity contribution in [2.45, 2.75) is 24.9 Å². The first kappa shape index (κ1) is 38.3. The molecule has 0 spiro atoms. The molecule has 11 nitrogen and oxygen atoms in total. The Balaban J connectivity index is 0.000000307. The predicted octanol–water partition coefficient (Wildman–Crippen LogP) is 6.42. The zero-order valence-corrected chi connectivity index (χ0v) is 28.1. The molecule has 0 amide bonds. The number of aliphatic imine (C=N–C) groups is 2. The topological polar surface area (TPSA) is 149 Å². The average molecular weight is 682 g/mol. The Kier molecular flexibility index (Phi) is 13.6. The average Bonchev–Trinajstić information content (AvgIpc) is 3.04. The Labute approximate surface area is 286 Å². The lowest BCUT2D eigenvalue weighted by Crippen LogP contribution is -2.28. The molecular formula is C34H38Cl2N6O5. The molecule has 0 radical (unpaired) electrons. The molecule has 2 heterocycles. The molecule has 2 aliphatic heterocycles. The summed E-state index contributed by atoms with van der Waals surface area (Å²) in [6, 6.07) is 29.6. The number of hydrogen-bond acceptors (Lipinski definition) is 8. The molecule has 47 heavy (non-hydrogen) atoms. The van der Waals surface area contributed by atoms with E-state index >= 15 is 0 Å². The van der Waals surface area contributed by atoms with E-state index < -0.39 is 0 Å². The molecule has 0 aliphatic carbocycles. The third-order valence-corrected chi connectivity index (χ3v) is 7.82. The number of hydrogen-bond donors (Lipinski definition) is 0. The highest BCUT2D eigenvalue weighted by Gasteiger charge is 2.25. The molecule has 248 valence electrons. The summed E-state index contributed by atoms with van der Waals surface area (Å²) in [5, 5.41) is 21.6. The largest absolute Gasteiger partial charge is 0.412 e. The van der Waals surface area contributed by atoms with Gasteiger partial charge in [0.25, 0.3) is 11.4 Å². The highest BCUT2D eigenvalue weighted by Crippen LogP contribution is 2.35. The van der Waals surface area contributed by atoms with E-state index in [-0.39, 0.29) is 63.6 Å². The van der Waals surface area contributed by atoms with Crippen LogP contribution in [0, 0.1) is 20.2 Å². The van der Waals surface area contributed by atoms with Gasteiger partial charge in [-0.1, -0.05) is 48.5 Å². The van der Waals surface area contributed by atoms with E-state index in [1.54, 1.807) is 24.3 Å². The van der Waals surface area contributed by atoms with Gasteiger partial charge in [-0.2, -0.15) is 0 Å². The van der Waals surface area contributed by atoms with Crippen LogP contribution >= 0.6 is 24.8 Å². The van der Waals surface area contributed by atoms with Crippen molar-refractivity contribution in [3.8, 4) is 0 Å². The maximum Gasteiger partial charge on any atom is 0.269 e.